The highest BCUT2D eigenvalue weighted by Gasteiger charge is 2.23. The summed E-state index contributed by atoms with van der Waals surface area (Å²) in [5.74, 6) is -0.0195. The van der Waals surface area contributed by atoms with Crippen LogP contribution >= 0.6 is 0 Å². The van der Waals surface area contributed by atoms with Gasteiger partial charge in [0.05, 0.1) is 17.5 Å². The molecule has 1 aliphatic heterocycles. The SMILES string of the molecule is CC1Nc2cc(N(C)C(=O)c3ccc(-c4ccccc4)cc3)ccc2N1C. The molecule has 3 aromatic rings. The third-order valence-electron chi connectivity index (χ3n) is 5.24. The van der Waals surface area contributed by atoms with E-state index in [1.54, 1.807) is 4.90 Å². The van der Waals surface area contributed by atoms with E-state index in [2.05, 4.69) is 42.4 Å². The summed E-state index contributed by atoms with van der Waals surface area (Å²) in [6.07, 6.45) is 0.252. The highest BCUT2D eigenvalue weighted by Crippen LogP contribution is 2.36. The van der Waals surface area contributed by atoms with E-state index in [1.807, 2.05) is 61.6 Å². The number of nitrogens with zero attached hydrogens (tertiary/aromatic N) is 2. The lowest BCUT2D eigenvalue weighted by molar-refractivity contribution is 0.0993. The minimum Gasteiger partial charge on any atom is -0.364 e. The van der Waals surface area contributed by atoms with Crippen LogP contribution in [0.5, 0.6) is 0 Å². The lowest BCUT2D eigenvalue weighted by Crippen LogP contribution is -2.28. The first-order valence-electron chi connectivity index (χ1n) is 9.11. The molecule has 1 N–H and O–H groups in total. The quantitative estimate of drug-likeness (QED) is 0.729. The Morgan fingerprint density at radius 2 is 1.63 bits per heavy atom. The summed E-state index contributed by atoms with van der Waals surface area (Å²) in [5.41, 5.74) is 6.01. The molecule has 1 unspecified atom stereocenters. The maximum absolute atomic E-state index is 12.9. The summed E-state index contributed by atoms with van der Waals surface area (Å²) in [4.78, 5) is 16.8. The van der Waals surface area contributed by atoms with Crippen LogP contribution in [-0.2, 0) is 0 Å². The van der Waals surface area contributed by atoms with Crippen molar-refractivity contribution >= 4 is 23.0 Å². The number of nitrogens with one attached hydrogen (secondary N) is 1. The molecule has 27 heavy (non-hydrogen) atoms. The summed E-state index contributed by atoms with van der Waals surface area (Å²) < 4.78 is 0. The Balaban J connectivity index is 1.55. The second kappa shape index (κ2) is 6.80. The topological polar surface area (TPSA) is 35.6 Å². The number of carbonyl (C=O) groups excluding carboxylic acids is 1. The van der Waals surface area contributed by atoms with Gasteiger partial charge < -0.3 is 15.1 Å². The van der Waals surface area contributed by atoms with Crippen molar-refractivity contribution in [3.63, 3.8) is 0 Å². The van der Waals surface area contributed by atoms with Gasteiger partial charge in [-0.1, -0.05) is 42.5 Å². The van der Waals surface area contributed by atoms with Crippen LogP contribution in [0, 0.1) is 0 Å². The number of amides is 1. The van der Waals surface area contributed by atoms with E-state index in [1.165, 1.54) is 0 Å². The van der Waals surface area contributed by atoms with Crippen molar-refractivity contribution < 1.29 is 4.79 Å². The second-order valence-electron chi connectivity index (χ2n) is 6.94. The van der Waals surface area contributed by atoms with Crippen molar-refractivity contribution in [1.82, 2.24) is 0 Å². The van der Waals surface area contributed by atoms with E-state index in [4.69, 9.17) is 0 Å². The predicted molar refractivity (Wildman–Crippen MR) is 113 cm³/mol. The van der Waals surface area contributed by atoms with Crippen molar-refractivity contribution in [1.29, 1.82) is 0 Å². The predicted octanol–water partition coefficient (Wildman–Crippen LogP) is 4.84. The third-order valence-corrected chi connectivity index (χ3v) is 5.24. The number of rotatable bonds is 3. The molecule has 0 saturated carbocycles. The standard InChI is InChI=1S/C23H23N3O/c1-16-24-21-15-20(13-14-22(21)25(16)2)26(3)23(27)19-11-9-18(10-12-19)17-7-5-4-6-8-17/h4-16,24H,1-3H3. The fourth-order valence-corrected chi connectivity index (χ4v) is 3.43. The zero-order valence-corrected chi connectivity index (χ0v) is 15.8. The second-order valence-corrected chi connectivity index (χ2v) is 6.94. The molecule has 4 heteroatoms. The van der Waals surface area contributed by atoms with Gasteiger partial charge in [-0.15, -0.1) is 0 Å². The Kier molecular flexibility index (Phi) is 4.32. The molecule has 0 fully saturated rings. The van der Waals surface area contributed by atoms with E-state index >= 15 is 0 Å². The molecule has 1 atom stereocenters. The third kappa shape index (κ3) is 3.14. The van der Waals surface area contributed by atoms with Gasteiger partial charge in [0.15, 0.2) is 0 Å². The minimum absolute atomic E-state index is 0.0195. The van der Waals surface area contributed by atoms with Gasteiger partial charge in [-0.2, -0.15) is 0 Å². The van der Waals surface area contributed by atoms with Crippen LogP contribution in [0.1, 0.15) is 17.3 Å². The highest BCUT2D eigenvalue weighted by molar-refractivity contribution is 6.06. The average Bonchev–Trinajstić information content (AvgIpc) is 3.01. The van der Waals surface area contributed by atoms with Crippen LogP contribution < -0.4 is 15.1 Å². The first-order valence-corrected chi connectivity index (χ1v) is 9.11. The van der Waals surface area contributed by atoms with Gasteiger partial charge in [-0.3, -0.25) is 4.79 Å². The van der Waals surface area contributed by atoms with Crippen molar-refractivity contribution in [3.05, 3.63) is 78.4 Å². The van der Waals surface area contributed by atoms with Crippen LogP contribution in [0.25, 0.3) is 11.1 Å². The van der Waals surface area contributed by atoms with Crippen LogP contribution in [0.2, 0.25) is 0 Å². The summed E-state index contributed by atoms with van der Waals surface area (Å²) in [6, 6.07) is 24.0. The Hall–Kier alpha value is -3.27. The molecular formula is C23H23N3O. The Bertz CT molecular complexity index is 967. The van der Waals surface area contributed by atoms with E-state index in [9.17, 15) is 4.79 Å². The molecule has 1 amide bonds. The van der Waals surface area contributed by atoms with Crippen molar-refractivity contribution in [2.24, 2.45) is 0 Å². The van der Waals surface area contributed by atoms with Gasteiger partial charge in [-0.25, -0.2) is 0 Å². The van der Waals surface area contributed by atoms with Gasteiger partial charge in [-0.05, 0) is 48.4 Å². The van der Waals surface area contributed by atoms with Crippen LogP contribution in [0.15, 0.2) is 72.8 Å². The summed E-state index contributed by atoms with van der Waals surface area (Å²) in [7, 11) is 3.88. The Morgan fingerprint density at radius 1 is 0.963 bits per heavy atom. The van der Waals surface area contributed by atoms with Gasteiger partial charge in [0.25, 0.3) is 5.91 Å². The smallest absolute Gasteiger partial charge is 0.258 e. The lowest BCUT2D eigenvalue weighted by Gasteiger charge is -2.19. The van der Waals surface area contributed by atoms with Crippen molar-refractivity contribution in [2.45, 2.75) is 13.1 Å². The normalized spacial score (nSPS) is 15.2. The first-order chi connectivity index (χ1) is 13.0. The zero-order chi connectivity index (χ0) is 19.0. The molecule has 0 bridgehead atoms. The van der Waals surface area contributed by atoms with Crippen molar-refractivity contribution in [3.8, 4) is 11.1 Å². The number of fused-ring (bicyclic) bond motifs is 1. The molecule has 0 spiro atoms. The lowest BCUT2D eigenvalue weighted by atomic mass is 10.0. The molecule has 4 nitrogen and oxygen atoms in total. The molecule has 4 rings (SSSR count). The number of anilines is 3. The van der Waals surface area contributed by atoms with Gasteiger partial charge in [0, 0.05) is 25.3 Å². The van der Waals surface area contributed by atoms with E-state index in [0.29, 0.717) is 5.56 Å². The van der Waals surface area contributed by atoms with E-state index in [0.717, 1.165) is 28.2 Å². The molecule has 0 saturated heterocycles. The minimum atomic E-state index is -0.0195. The number of hydrogen-bond donors (Lipinski definition) is 1. The fraction of sp³-hybridized carbons (Fsp3) is 0.174. The van der Waals surface area contributed by atoms with Gasteiger partial charge in [0.1, 0.15) is 0 Å². The van der Waals surface area contributed by atoms with E-state index in [-0.39, 0.29) is 12.1 Å². The Morgan fingerprint density at radius 3 is 2.33 bits per heavy atom. The maximum Gasteiger partial charge on any atom is 0.258 e. The summed E-state index contributed by atoms with van der Waals surface area (Å²) in [6.45, 7) is 2.11. The molecule has 0 aliphatic carbocycles. The average molecular weight is 357 g/mol. The number of carbonyl (C=O) groups is 1. The summed E-state index contributed by atoms with van der Waals surface area (Å²) >= 11 is 0. The van der Waals surface area contributed by atoms with E-state index < -0.39 is 0 Å². The molecule has 1 aliphatic rings. The molecule has 136 valence electrons. The Labute approximate surface area is 160 Å². The van der Waals surface area contributed by atoms with Crippen LogP contribution in [0.4, 0.5) is 17.1 Å². The molecular weight excluding hydrogens is 334 g/mol. The maximum atomic E-state index is 12.9. The summed E-state index contributed by atoms with van der Waals surface area (Å²) in [5, 5.41) is 3.43. The number of benzene rings is 3. The first kappa shape index (κ1) is 17.2. The molecule has 1 heterocycles. The zero-order valence-electron chi connectivity index (χ0n) is 15.8. The number of hydrogen-bond acceptors (Lipinski definition) is 3. The monoisotopic (exact) mass is 357 g/mol. The highest BCUT2D eigenvalue weighted by atomic mass is 16.2. The largest absolute Gasteiger partial charge is 0.364 e. The van der Waals surface area contributed by atoms with Gasteiger partial charge in [0.2, 0.25) is 0 Å². The van der Waals surface area contributed by atoms with Gasteiger partial charge >= 0.3 is 0 Å². The fourth-order valence-electron chi connectivity index (χ4n) is 3.43. The molecule has 0 aromatic heterocycles. The molecule has 3 aromatic carbocycles. The van der Waals surface area contributed by atoms with Crippen molar-refractivity contribution in [2.75, 3.05) is 29.2 Å². The molecule has 0 radical (unpaired) electrons. The van der Waals surface area contributed by atoms with Crippen LogP contribution in [-0.4, -0.2) is 26.2 Å². The van der Waals surface area contributed by atoms with Crippen LogP contribution in [0.3, 0.4) is 0 Å².